The van der Waals surface area contributed by atoms with Crippen molar-refractivity contribution in [1.29, 1.82) is 0 Å². The minimum atomic E-state index is -3.16. The number of nitrogens with zero attached hydrogens (tertiary/aromatic N) is 6. The first-order valence-corrected chi connectivity index (χ1v) is 22.5. The molecule has 11 atom stereocenters. The number of esters is 1. The van der Waals surface area contributed by atoms with Gasteiger partial charge in [-0.25, -0.2) is 0 Å². The van der Waals surface area contributed by atoms with Gasteiger partial charge in [-0.2, -0.15) is 0 Å². The number of hydrogen-bond donors (Lipinski definition) is 0. The average Bonchev–Trinajstić information content (AvgIpc) is 3.28. The van der Waals surface area contributed by atoms with E-state index in [0.717, 1.165) is 21.5 Å². The van der Waals surface area contributed by atoms with Crippen LogP contribution in [0.1, 0.15) is 45.1 Å². The number of fused-ring (bicyclic) bond motifs is 1. The van der Waals surface area contributed by atoms with Crippen molar-refractivity contribution in [3.05, 3.63) is 153 Å². The van der Waals surface area contributed by atoms with Gasteiger partial charge in [0, 0.05) is 29.4 Å². The zero-order valence-electron chi connectivity index (χ0n) is 35.3. The third-order valence-electron chi connectivity index (χ3n) is 11.4. The summed E-state index contributed by atoms with van der Waals surface area (Å²) in [6.07, 6.45) is -9.34. The van der Waals surface area contributed by atoms with Crippen molar-refractivity contribution in [3.8, 4) is 0 Å². The lowest BCUT2D eigenvalue weighted by atomic mass is 9.94. The van der Waals surface area contributed by atoms with Gasteiger partial charge in [0.25, 0.3) is 8.32 Å². The van der Waals surface area contributed by atoms with Crippen LogP contribution in [-0.4, -0.2) is 95.9 Å². The number of methoxy groups -OCH3 is 1. The molecule has 0 amide bonds. The van der Waals surface area contributed by atoms with E-state index >= 15 is 0 Å². The van der Waals surface area contributed by atoms with Gasteiger partial charge in [0.15, 0.2) is 25.0 Å². The second kappa shape index (κ2) is 20.4. The first-order valence-electron chi connectivity index (χ1n) is 20.5. The second-order valence-electron chi connectivity index (χ2n) is 16.3. The maximum Gasteiger partial charge on any atom is 0.303 e. The van der Waals surface area contributed by atoms with E-state index in [0.29, 0.717) is 0 Å². The van der Waals surface area contributed by atoms with Crippen LogP contribution in [0.2, 0.25) is 5.04 Å². The van der Waals surface area contributed by atoms with Gasteiger partial charge in [-0.05, 0) is 32.0 Å². The molecule has 3 heterocycles. The summed E-state index contributed by atoms with van der Waals surface area (Å²) in [5.41, 5.74) is 21.6. The summed E-state index contributed by atoms with van der Waals surface area (Å²) in [7, 11) is -1.75. The lowest BCUT2D eigenvalue weighted by Gasteiger charge is -2.51. The predicted molar refractivity (Wildman–Crippen MR) is 229 cm³/mol. The summed E-state index contributed by atoms with van der Waals surface area (Å²) < 4.78 is 58.4. The maximum atomic E-state index is 13.0. The SMILES string of the molecule is CO[C@H]1O[C@@H](CO[Si](c2ccccc2)(c2ccccc2)C(C)(C)C)[C@@H](OC(C)=O)[C@@H](O[C@H]2O[C@@H]3CO[C@@H](c4ccccc4)O[C@H]3[C@H](OCc3ccccc3)[C@@H]2N=[N+]=[N-])[C@@H]1N=[N+]=[N-]. The summed E-state index contributed by atoms with van der Waals surface area (Å²) >= 11 is 0. The van der Waals surface area contributed by atoms with Crippen LogP contribution in [0.3, 0.4) is 0 Å². The van der Waals surface area contributed by atoms with Gasteiger partial charge < -0.3 is 42.3 Å². The number of hydrogen-bond acceptors (Lipinski definition) is 12. The molecule has 0 radical (unpaired) electrons. The summed E-state index contributed by atoms with van der Waals surface area (Å²) in [4.78, 5) is 19.3. The number of azide groups is 2. The molecule has 16 nitrogen and oxygen atoms in total. The highest BCUT2D eigenvalue weighted by Gasteiger charge is 2.57. The first-order chi connectivity index (χ1) is 30.1. The van der Waals surface area contributed by atoms with Crippen molar-refractivity contribution in [2.45, 2.75) is 107 Å². The lowest BCUT2D eigenvalue weighted by molar-refractivity contribution is -0.363. The van der Waals surface area contributed by atoms with Crippen molar-refractivity contribution in [2.75, 3.05) is 20.3 Å². The number of benzene rings is 4. The predicted octanol–water partition coefficient (Wildman–Crippen LogP) is 7.03. The van der Waals surface area contributed by atoms with E-state index in [9.17, 15) is 15.9 Å². The standard InChI is InChI=1S/C45H52N6O10Si/c1-29(52)57-39-35(28-56-62(45(2,3)4,32-22-14-8-15-23-32)33-24-16-9-17-25-33)58-43(53-5)37(49-51-47)41(39)61-44-36(48-50-46)40(54-26-30-18-10-6-11-19-30)38-34(59-44)27-55-42(60-38)31-20-12-7-13-21-31/h6-25,34-44H,26-28H2,1-5H3/t34-,35+,36+,37+,38-,39-,40-,41+,42-,43+,44-/m1/s1. The van der Waals surface area contributed by atoms with Gasteiger partial charge in [-0.1, -0.05) is 152 Å². The van der Waals surface area contributed by atoms with E-state index in [4.69, 9.17) is 42.3 Å². The quantitative estimate of drug-likeness (QED) is 0.0393. The van der Waals surface area contributed by atoms with E-state index < -0.39 is 86.9 Å². The Morgan fingerprint density at radius 2 is 1.32 bits per heavy atom. The summed E-state index contributed by atoms with van der Waals surface area (Å²) in [6.45, 7) is 7.82. The van der Waals surface area contributed by atoms with Gasteiger partial charge in [0.1, 0.15) is 42.6 Å². The molecule has 4 aromatic carbocycles. The summed E-state index contributed by atoms with van der Waals surface area (Å²) in [5.74, 6) is -0.653. The van der Waals surface area contributed by atoms with E-state index in [1.165, 1.54) is 14.0 Å². The third kappa shape index (κ3) is 9.74. The maximum absolute atomic E-state index is 13.0. The Hall–Kier alpha value is -5.13. The van der Waals surface area contributed by atoms with Crippen LogP contribution < -0.4 is 10.4 Å². The Morgan fingerprint density at radius 3 is 1.87 bits per heavy atom. The van der Waals surface area contributed by atoms with Gasteiger partial charge in [-0.3, -0.25) is 4.79 Å². The fourth-order valence-electron chi connectivity index (χ4n) is 8.61. The second-order valence-corrected chi connectivity index (χ2v) is 20.6. The topological polar surface area (TPSA) is 198 Å². The molecule has 0 spiro atoms. The highest BCUT2D eigenvalue weighted by Crippen LogP contribution is 2.41. The smallest absolute Gasteiger partial charge is 0.303 e. The highest BCUT2D eigenvalue weighted by atomic mass is 28.4. The third-order valence-corrected chi connectivity index (χ3v) is 16.4. The van der Waals surface area contributed by atoms with Crippen LogP contribution in [-0.2, 0) is 53.7 Å². The Balaban J connectivity index is 1.25. The molecule has 0 unspecified atom stereocenters. The van der Waals surface area contributed by atoms with Gasteiger partial charge >= 0.3 is 5.97 Å². The molecule has 3 saturated heterocycles. The fraction of sp³-hybridized carbons (Fsp3) is 0.444. The van der Waals surface area contributed by atoms with Crippen molar-refractivity contribution in [1.82, 2.24) is 0 Å². The van der Waals surface area contributed by atoms with Crippen molar-refractivity contribution in [3.63, 3.8) is 0 Å². The Kier molecular flexibility index (Phi) is 14.8. The molecule has 3 aliphatic rings. The molecule has 0 aromatic heterocycles. The van der Waals surface area contributed by atoms with Gasteiger partial charge in [0.05, 0.1) is 19.8 Å². The zero-order chi connectivity index (χ0) is 43.7. The molecular formula is C45H52N6O10Si. The van der Waals surface area contributed by atoms with E-state index in [1.54, 1.807) is 0 Å². The molecular weight excluding hydrogens is 813 g/mol. The number of carbonyl (C=O) groups excluding carboxylic acids is 1. The molecule has 7 rings (SSSR count). The van der Waals surface area contributed by atoms with Gasteiger partial charge in [-0.15, -0.1) is 0 Å². The molecule has 3 fully saturated rings. The molecule has 326 valence electrons. The van der Waals surface area contributed by atoms with Crippen LogP contribution in [0.4, 0.5) is 0 Å². The average molecular weight is 865 g/mol. The zero-order valence-corrected chi connectivity index (χ0v) is 36.3. The molecule has 0 aliphatic carbocycles. The largest absolute Gasteiger partial charge is 0.457 e. The van der Waals surface area contributed by atoms with E-state index in [1.807, 2.05) is 97.1 Å². The first kappa shape index (κ1) is 44.9. The van der Waals surface area contributed by atoms with Crippen LogP contribution >= 0.6 is 0 Å². The van der Waals surface area contributed by atoms with Crippen molar-refractivity contribution >= 4 is 24.7 Å². The number of ether oxygens (including phenoxy) is 8. The monoisotopic (exact) mass is 864 g/mol. The Bertz CT molecular complexity index is 2120. The minimum Gasteiger partial charge on any atom is -0.457 e. The summed E-state index contributed by atoms with van der Waals surface area (Å²) in [5, 5.41) is 9.88. The molecule has 0 N–H and O–H groups in total. The van der Waals surface area contributed by atoms with E-state index in [2.05, 4.69) is 65.1 Å². The Labute approximate surface area is 361 Å². The van der Waals surface area contributed by atoms with Crippen LogP contribution in [0.5, 0.6) is 0 Å². The van der Waals surface area contributed by atoms with Crippen LogP contribution in [0.25, 0.3) is 20.9 Å². The van der Waals surface area contributed by atoms with Crippen LogP contribution in [0.15, 0.2) is 132 Å². The minimum absolute atomic E-state index is 0.0643. The van der Waals surface area contributed by atoms with Crippen molar-refractivity contribution in [2.24, 2.45) is 10.2 Å². The van der Waals surface area contributed by atoms with Gasteiger partial charge in [0.2, 0.25) is 0 Å². The molecule has 62 heavy (non-hydrogen) atoms. The molecule has 0 saturated carbocycles. The summed E-state index contributed by atoms with van der Waals surface area (Å²) in [6, 6.07) is 36.7. The molecule has 4 aromatic rings. The highest BCUT2D eigenvalue weighted by molar-refractivity contribution is 6.99. The van der Waals surface area contributed by atoms with Crippen LogP contribution in [0, 0.1) is 0 Å². The number of rotatable bonds is 15. The fourth-order valence-corrected chi connectivity index (χ4v) is 13.2. The number of carbonyl (C=O) groups is 1. The Morgan fingerprint density at radius 1 is 0.758 bits per heavy atom. The molecule has 17 heteroatoms. The van der Waals surface area contributed by atoms with E-state index in [-0.39, 0.29) is 19.8 Å². The van der Waals surface area contributed by atoms with Crippen molar-refractivity contribution < 1.29 is 47.1 Å². The lowest BCUT2D eigenvalue weighted by Crippen LogP contribution is -2.69. The normalized spacial score (nSPS) is 28.7. The molecule has 3 aliphatic heterocycles. The molecule has 0 bridgehead atoms.